The molecule has 0 amide bonds. The Hall–Kier alpha value is -1.07. The van der Waals surface area contributed by atoms with Crippen molar-refractivity contribution in [3.63, 3.8) is 0 Å². The van der Waals surface area contributed by atoms with Crippen LogP contribution in [0.1, 0.15) is 44.1 Å². The normalized spacial score (nSPS) is 15.0. The lowest BCUT2D eigenvalue weighted by Gasteiger charge is -2.24. The van der Waals surface area contributed by atoms with E-state index in [9.17, 15) is 0 Å². The Morgan fingerprint density at radius 2 is 2.00 bits per heavy atom. The molecule has 2 rings (SSSR count). The van der Waals surface area contributed by atoms with Gasteiger partial charge in [-0.05, 0) is 34.2 Å². The van der Waals surface area contributed by atoms with E-state index in [1.807, 2.05) is 25.6 Å². The topological polar surface area (TPSA) is 38.9 Å². The summed E-state index contributed by atoms with van der Waals surface area (Å²) in [6.07, 6.45) is 1.15. The van der Waals surface area contributed by atoms with E-state index in [1.165, 1.54) is 0 Å². The van der Waals surface area contributed by atoms with Gasteiger partial charge in [-0.1, -0.05) is 6.92 Å². The molecule has 0 aliphatic carbocycles. The van der Waals surface area contributed by atoms with Crippen molar-refractivity contribution < 1.29 is 0 Å². The minimum Gasteiger partial charge on any atom is -0.310 e. The molecule has 2 unspecified atom stereocenters. The number of nitrogens with zero attached hydrogens (tertiary/aromatic N) is 5. The van der Waals surface area contributed by atoms with E-state index >= 15 is 0 Å². The summed E-state index contributed by atoms with van der Waals surface area (Å²) >= 11 is 6.32. The number of halogens is 1. The molecule has 21 heavy (non-hydrogen) atoms. The Morgan fingerprint density at radius 3 is 2.57 bits per heavy atom. The van der Waals surface area contributed by atoms with Gasteiger partial charge < -0.3 is 9.47 Å². The molecule has 6 heteroatoms. The summed E-state index contributed by atoms with van der Waals surface area (Å²) in [7, 11) is 4.13. The fourth-order valence-electron chi connectivity index (χ4n) is 2.67. The molecule has 0 aromatic carbocycles. The van der Waals surface area contributed by atoms with Gasteiger partial charge in [0.1, 0.15) is 11.3 Å². The molecule has 0 spiro atoms. The van der Waals surface area contributed by atoms with Crippen LogP contribution < -0.4 is 0 Å². The van der Waals surface area contributed by atoms with Crippen LogP contribution in [0.2, 0.25) is 0 Å². The number of rotatable bonds is 6. The van der Waals surface area contributed by atoms with Crippen LogP contribution in [0.15, 0.2) is 0 Å². The second-order valence-corrected chi connectivity index (χ2v) is 6.51. The summed E-state index contributed by atoms with van der Waals surface area (Å²) in [6.45, 7) is 10.3. The highest BCUT2D eigenvalue weighted by molar-refractivity contribution is 6.20. The first kappa shape index (κ1) is 16.3. The van der Waals surface area contributed by atoms with Gasteiger partial charge in [0.05, 0.1) is 11.1 Å². The monoisotopic (exact) mass is 311 g/mol. The van der Waals surface area contributed by atoms with Gasteiger partial charge in [0.25, 0.3) is 0 Å². The van der Waals surface area contributed by atoms with Crippen molar-refractivity contribution in [3.05, 3.63) is 11.5 Å². The molecule has 0 N–H and O–H groups in total. The Balaban J connectivity index is 2.34. The fraction of sp³-hybridized carbons (Fsp3) is 0.733. The molecular formula is C15H26ClN5. The van der Waals surface area contributed by atoms with Crippen molar-refractivity contribution in [1.82, 2.24) is 24.2 Å². The van der Waals surface area contributed by atoms with Crippen LogP contribution in [0, 0.1) is 6.92 Å². The van der Waals surface area contributed by atoms with Gasteiger partial charge in [-0.3, -0.25) is 4.68 Å². The van der Waals surface area contributed by atoms with Crippen molar-refractivity contribution in [2.24, 2.45) is 7.05 Å². The standard InChI is InChI=1S/C15H26ClN5/c1-7-10(2)19(5)8-9-21-14(11(3)16)17-13-12(4)18-20(6)15(13)21/h10-11H,7-9H2,1-6H3. The summed E-state index contributed by atoms with van der Waals surface area (Å²) in [5.41, 5.74) is 2.99. The molecule has 2 atom stereocenters. The number of hydrogen-bond donors (Lipinski definition) is 0. The van der Waals surface area contributed by atoms with Gasteiger partial charge in [-0.2, -0.15) is 5.10 Å². The Labute approximate surface area is 131 Å². The van der Waals surface area contributed by atoms with Gasteiger partial charge in [0.2, 0.25) is 0 Å². The molecule has 2 aromatic heterocycles. The smallest absolute Gasteiger partial charge is 0.158 e. The quantitative estimate of drug-likeness (QED) is 0.769. The first-order chi connectivity index (χ1) is 9.86. The van der Waals surface area contributed by atoms with Gasteiger partial charge >= 0.3 is 0 Å². The van der Waals surface area contributed by atoms with Gasteiger partial charge in [-0.15, -0.1) is 11.6 Å². The van der Waals surface area contributed by atoms with Crippen molar-refractivity contribution in [1.29, 1.82) is 0 Å². The minimum absolute atomic E-state index is 0.106. The van der Waals surface area contributed by atoms with Crippen molar-refractivity contribution in [3.8, 4) is 0 Å². The molecular weight excluding hydrogens is 286 g/mol. The van der Waals surface area contributed by atoms with Crippen LogP contribution in [0.25, 0.3) is 11.2 Å². The van der Waals surface area contributed by atoms with Crippen molar-refractivity contribution in [2.75, 3.05) is 13.6 Å². The zero-order chi connectivity index (χ0) is 15.7. The van der Waals surface area contributed by atoms with Crippen LogP contribution in [-0.2, 0) is 13.6 Å². The largest absolute Gasteiger partial charge is 0.310 e. The van der Waals surface area contributed by atoms with E-state index < -0.39 is 0 Å². The van der Waals surface area contributed by atoms with E-state index in [0.717, 1.165) is 42.2 Å². The summed E-state index contributed by atoms with van der Waals surface area (Å²) in [4.78, 5) is 7.08. The van der Waals surface area contributed by atoms with E-state index in [4.69, 9.17) is 16.6 Å². The van der Waals surface area contributed by atoms with Crippen LogP contribution in [0.3, 0.4) is 0 Å². The maximum Gasteiger partial charge on any atom is 0.158 e. The summed E-state index contributed by atoms with van der Waals surface area (Å²) in [6, 6.07) is 0.578. The molecule has 118 valence electrons. The van der Waals surface area contributed by atoms with E-state index in [0.29, 0.717) is 6.04 Å². The second kappa shape index (κ2) is 6.36. The van der Waals surface area contributed by atoms with Crippen LogP contribution in [0.4, 0.5) is 0 Å². The lowest BCUT2D eigenvalue weighted by atomic mass is 10.2. The highest BCUT2D eigenvalue weighted by Crippen LogP contribution is 2.26. The molecule has 2 heterocycles. The first-order valence-electron chi connectivity index (χ1n) is 7.60. The molecule has 0 saturated heterocycles. The minimum atomic E-state index is -0.106. The molecule has 2 aromatic rings. The Bertz CT molecular complexity index is 613. The number of likely N-dealkylation sites (N-methyl/N-ethyl adjacent to an activating group) is 1. The van der Waals surface area contributed by atoms with Crippen LogP contribution >= 0.6 is 11.6 Å². The zero-order valence-electron chi connectivity index (χ0n) is 13.9. The van der Waals surface area contributed by atoms with Crippen molar-refractivity contribution >= 4 is 22.8 Å². The number of aromatic nitrogens is 4. The maximum atomic E-state index is 6.32. The van der Waals surface area contributed by atoms with E-state index in [1.54, 1.807) is 0 Å². The summed E-state index contributed by atoms with van der Waals surface area (Å²) in [5.74, 6) is 0.931. The highest BCUT2D eigenvalue weighted by atomic mass is 35.5. The molecule has 0 saturated carbocycles. The molecule has 0 aliphatic heterocycles. The third-order valence-electron chi connectivity index (χ3n) is 4.29. The van der Waals surface area contributed by atoms with E-state index in [-0.39, 0.29) is 5.38 Å². The molecule has 0 fully saturated rings. The number of hydrogen-bond acceptors (Lipinski definition) is 3. The lowest BCUT2D eigenvalue weighted by molar-refractivity contribution is 0.242. The molecule has 5 nitrogen and oxygen atoms in total. The van der Waals surface area contributed by atoms with Crippen LogP contribution in [-0.4, -0.2) is 43.9 Å². The average molecular weight is 312 g/mol. The maximum absolute atomic E-state index is 6.32. The highest BCUT2D eigenvalue weighted by Gasteiger charge is 2.20. The van der Waals surface area contributed by atoms with Crippen LogP contribution in [0.5, 0.6) is 0 Å². The predicted octanol–water partition coefficient (Wildman–Crippen LogP) is 3.11. The van der Waals surface area contributed by atoms with Crippen molar-refractivity contribution in [2.45, 2.75) is 52.1 Å². The average Bonchev–Trinajstić information content (AvgIpc) is 2.94. The van der Waals surface area contributed by atoms with Gasteiger partial charge in [-0.25, -0.2) is 4.98 Å². The number of fused-ring (bicyclic) bond motifs is 1. The fourth-order valence-corrected chi connectivity index (χ4v) is 2.83. The Kier molecular flexibility index (Phi) is 4.94. The molecule has 0 radical (unpaired) electrons. The number of alkyl halides is 1. The predicted molar refractivity (Wildman–Crippen MR) is 87.9 cm³/mol. The number of aryl methyl sites for hydroxylation is 2. The first-order valence-corrected chi connectivity index (χ1v) is 8.04. The van der Waals surface area contributed by atoms with Gasteiger partial charge in [0.15, 0.2) is 5.65 Å². The second-order valence-electron chi connectivity index (χ2n) is 5.86. The lowest BCUT2D eigenvalue weighted by Crippen LogP contribution is -2.32. The Morgan fingerprint density at radius 1 is 1.33 bits per heavy atom. The number of imidazole rings is 1. The molecule has 0 aliphatic rings. The SMILES string of the molecule is CCC(C)N(C)CCn1c(C(C)Cl)nc2c(C)nn(C)c21. The zero-order valence-corrected chi connectivity index (χ0v) is 14.6. The molecule has 0 bridgehead atoms. The third kappa shape index (κ3) is 3.09. The van der Waals surface area contributed by atoms with E-state index in [2.05, 4.69) is 35.5 Å². The van der Waals surface area contributed by atoms with Gasteiger partial charge in [0, 0.05) is 26.2 Å². The summed E-state index contributed by atoms with van der Waals surface area (Å²) < 4.78 is 4.12. The summed E-state index contributed by atoms with van der Waals surface area (Å²) in [5, 5.41) is 4.36. The third-order valence-corrected chi connectivity index (χ3v) is 4.49.